The van der Waals surface area contributed by atoms with Crippen LogP contribution in [-0.2, 0) is 11.3 Å². The van der Waals surface area contributed by atoms with Gasteiger partial charge in [0, 0.05) is 12.6 Å². The summed E-state index contributed by atoms with van der Waals surface area (Å²) in [4.78, 5) is 13.8. The van der Waals surface area contributed by atoms with Crippen LogP contribution in [0.25, 0.3) is 0 Å². The molecule has 0 saturated carbocycles. The maximum Gasteiger partial charge on any atom is 0.410 e. The Bertz CT molecular complexity index is 461. The molecule has 1 aromatic heterocycles. The van der Waals surface area contributed by atoms with Gasteiger partial charge in [0.05, 0.1) is 18.3 Å². The monoisotopic (exact) mass is 252 g/mol. The summed E-state index contributed by atoms with van der Waals surface area (Å²) in [5.41, 5.74) is 6.15. The van der Waals surface area contributed by atoms with E-state index in [-0.39, 0.29) is 12.1 Å². The van der Waals surface area contributed by atoms with Crippen LogP contribution in [0.5, 0.6) is 0 Å². The second kappa shape index (κ2) is 4.19. The molecule has 1 aromatic rings. The summed E-state index contributed by atoms with van der Waals surface area (Å²) in [7, 11) is 0. The van der Waals surface area contributed by atoms with Gasteiger partial charge in [-0.2, -0.15) is 5.10 Å². The molecule has 1 amide bonds. The Hall–Kier alpha value is -1.72. The van der Waals surface area contributed by atoms with Crippen LogP contribution in [0, 0.1) is 0 Å². The number of ether oxygens (including phenoxy) is 1. The third kappa shape index (κ3) is 2.42. The van der Waals surface area contributed by atoms with Crippen LogP contribution in [0.2, 0.25) is 0 Å². The van der Waals surface area contributed by atoms with E-state index in [0.29, 0.717) is 18.9 Å². The van der Waals surface area contributed by atoms with Crippen molar-refractivity contribution in [3.8, 4) is 0 Å². The number of nitrogen functional groups attached to an aromatic ring is 1. The summed E-state index contributed by atoms with van der Waals surface area (Å²) in [6.45, 7) is 8.78. The average Bonchev–Trinajstić information content (AvgIpc) is 2.57. The van der Waals surface area contributed by atoms with Crippen molar-refractivity contribution >= 4 is 11.9 Å². The number of fused-ring (bicyclic) bond motifs is 1. The number of rotatable bonds is 0. The number of aromatic nitrogens is 2. The molecular weight excluding hydrogens is 232 g/mol. The minimum atomic E-state index is -0.479. The highest BCUT2D eigenvalue weighted by Crippen LogP contribution is 2.27. The number of hydrogen-bond donors (Lipinski definition) is 1. The molecule has 0 radical (unpaired) electrons. The number of anilines is 1. The standard InChI is InChI=1S/C12H20N4O2/c1-8-9-7-10(13)14-16(9)6-5-15(8)11(17)18-12(2,3)4/h7-8H,5-6H2,1-4H3,(H2,13,14). The molecule has 1 unspecified atom stereocenters. The van der Waals surface area contributed by atoms with Crippen LogP contribution in [-0.4, -0.2) is 32.9 Å². The fraction of sp³-hybridized carbons (Fsp3) is 0.667. The van der Waals surface area contributed by atoms with Gasteiger partial charge in [-0.25, -0.2) is 4.79 Å². The lowest BCUT2D eigenvalue weighted by molar-refractivity contribution is 0.0120. The van der Waals surface area contributed by atoms with E-state index in [0.717, 1.165) is 5.69 Å². The number of carbonyl (C=O) groups is 1. The fourth-order valence-corrected chi connectivity index (χ4v) is 2.09. The van der Waals surface area contributed by atoms with E-state index in [9.17, 15) is 4.79 Å². The van der Waals surface area contributed by atoms with Gasteiger partial charge in [0.1, 0.15) is 11.4 Å². The Morgan fingerprint density at radius 3 is 2.78 bits per heavy atom. The molecule has 1 aliphatic rings. The van der Waals surface area contributed by atoms with E-state index in [1.807, 2.05) is 32.4 Å². The molecule has 100 valence electrons. The average molecular weight is 252 g/mol. The summed E-state index contributed by atoms with van der Waals surface area (Å²) in [5, 5.41) is 4.19. The third-order valence-electron chi connectivity index (χ3n) is 2.91. The fourth-order valence-electron chi connectivity index (χ4n) is 2.09. The summed E-state index contributed by atoms with van der Waals surface area (Å²) in [5.74, 6) is 0.489. The Kier molecular flexibility index (Phi) is 2.96. The van der Waals surface area contributed by atoms with Crippen LogP contribution in [0.15, 0.2) is 6.07 Å². The van der Waals surface area contributed by atoms with Crippen molar-refractivity contribution in [1.29, 1.82) is 0 Å². The maximum atomic E-state index is 12.1. The van der Waals surface area contributed by atoms with Crippen molar-refractivity contribution in [1.82, 2.24) is 14.7 Å². The first-order chi connectivity index (χ1) is 8.28. The number of nitrogens with two attached hydrogens (primary N) is 1. The molecule has 0 aliphatic carbocycles. The minimum absolute atomic E-state index is 0.0709. The molecule has 2 N–H and O–H groups in total. The van der Waals surface area contributed by atoms with Crippen LogP contribution >= 0.6 is 0 Å². The summed E-state index contributed by atoms with van der Waals surface area (Å²) in [6.07, 6.45) is -0.291. The normalized spacial score (nSPS) is 19.6. The molecule has 6 nitrogen and oxygen atoms in total. The van der Waals surface area contributed by atoms with Crippen molar-refractivity contribution in [3.63, 3.8) is 0 Å². The van der Waals surface area contributed by atoms with Gasteiger partial charge in [0.25, 0.3) is 0 Å². The predicted molar refractivity (Wildman–Crippen MR) is 68.0 cm³/mol. The lowest BCUT2D eigenvalue weighted by Gasteiger charge is -2.35. The summed E-state index contributed by atoms with van der Waals surface area (Å²) >= 11 is 0. The van der Waals surface area contributed by atoms with Gasteiger partial charge in [-0.1, -0.05) is 0 Å². The number of carbonyl (C=O) groups excluding carboxylic acids is 1. The van der Waals surface area contributed by atoms with Crippen LogP contribution in [0.4, 0.5) is 10.6 Å². The highest BCUT2D eigenvalue weighted by molar-refractivity contribution is 5.69. The van der Waals surface area contributed by atoms with E-state index in [2.05, 4.69) is 5.10 Å². The first-order valence-corrected chi connectivity index (χ1v) is 6.11. The van der Waals surface area contributed by atoms with Crippen molar-refractivity contribution in [2.75, 3.05) is 12.3 Å². The lowest BCUT2D eigenvalue weighted by Crippen LogP contribution is -2.43. The van der Waals surface area contributed by atoms with Gasteiger partial charge in [-0.3, -0.25) is 9.58 Å². The van der Waals surface area contributed by atoms with Gasteiger partial charge >= 0.3 is 6.09 Å². The Labute approximate surface area is 107 Å². The molecule has 1 atom stereocenters. The number of amides is 1. The molecule has 0 bridgehead atoms. The predicted octanol–water partition coefficient (Wildman–Crippen LogP) is 1.78. The Morgan fingerprint density at radius 2 is 2.17 bits per heavy atom. The zero-order valence-corrected chi connectivity index (χ0v) is 11.3. The van der Waals surface area contributed by atoms with E-state index in [1.165, 1.54) is 0 Å². The smallest absolute Gasteiger partial charge is 0.410 e. The number of nitrogens with zero attached hydrogens (tertiary/aromatic N) is 3. The molecule has 18 heavy (non-hydrogen) atoms. The second-order valence-electron chi connectivity index (χ2n) is 5.57. The molecule has 6 heteroatoms. The van der Waals surface area contributed by atoms with Crippen molar-refractivity contribution < 1.29 is 9.53 Å². The van der Waals surface area contributed by atoms with Gasteiger partial charge in [-0.15, -0.1) is 0 Å². The summed E-state index contributed by atoms with van der Waals surface area (Å²) in [6, 6.07) is 1.74. The van der Waals surface area contributed by atoms with E-state index < -0.39 is 5.60 Å². The molecule has 0 saturated heterocycles. The summed E-state index contributed by atoms with van der Waals surface area (Å²) < 4.78 is 7.24. The first kappa shape index (κ1) is 12.7. The molecule has 2 rings (SSSR count). The van der Waals surface area contributed by atoms with Gasteiger partial charge in [0.15, 0.2) is 0 Å². The van der Waals surface area contributed by atoms with Crippen molar-refractivity contribution in [3.05, 3.63) is 11.8 Å². The third-order valence-corrected chi connectivity index (χ3v) is 2.91. The highest BCUT2D eigenvalue weighted by Gasteiger charge is 2.31. The topological polar surface area (TPSA) is 73.4 Å². The van der Waals surface area contributed by atoms with E-state index in [4.69, 9.17) is 10.5 Å². The number of hydrogen-bond acceptors (Lipinski definition) is 4. The van der Waals surface area contributed by atoms with Gasteiger partial charge < -0.3 is 10.5 Å². The zero-order valence-electron chi connectivity index (χ0n) is 11.3. The molecule has 2 heterocycles. The quantitative estimate of drug-likeness (QED) is 0.763. The van der Waals surface area contributed by atoms with Gasteiger partial charge in [-0.05, 0) is 27.7 Å². The highest BCUT2D eigenvalue weighted by atomic mass is 16.6. The van der Waals surface area contributed by atoms with E-state index in [1.54, 1.807) is 11.0 Å². The maximum absolute atomic E-state index is 12.1. The van der Waals surface area contributed by atoms with E-state index >= 15 is 0 Å². The van der Waals surface area contributed by atoms with Crippen LogP contribution < -0.4 is 5.73 Å². The Balaban J connectivity index is 2.16. The minimum Gasteiger partial charge on any atom is -0.444 e. The van der Waals surface area contributed by atoms with Gasteiger partial charge in [0.2, 0.25) is 0 Å². The SMILES string of the molecule is CC1c2cc(N)nn2CCN1C(=O)OC(C)(C)C. The first-order valence-electron chi connectivity index (χ1n) is 6.11. The van der Waals surface area contributed by atoms with Crippen LogP contribution in [0.1, 0.15) is 39.4 Å². The largest absolute Gasteiger partial charge is 0.444 e. The molecule has 0 aromatic carbocycles. The Morgan fingerprint density at radius 1 is 1.50 bits per heavy atom. The van der Waals surface area contributed by atoms with Crippen molar-refractivity contribution in [2.45, 2.75) is 45.9 Å². The molecule has 0 spiro atoms. The lowest BCUT2D eigenvalue weighted by atomic mass is 10.1. The molecular formula is C12H20N4O2. The van der Waals surface area contributed by atoms with Crippen molar-refractivity contribution in [2.24, 2.45) is 0 Å². The molecule has 1 aliphatic heterocycles. The van der Waals surface area contributed by atoms with Crippen LogP contribution in [0.3, 0.4) is 0 Å². The zero-order chi connectivity index (χ0) is 13.5. The second-order valence-corrected chi connectivity index (χ2v) is 5.57. The molecule has 0 fully saturated rings.